The molecule has 1 amide bonds. The molecule has 2 aromatic heterocycles. The summed E-state index contributed by atoms with van der Waals surface area (Å²) < 4.78 is 5.24. The maximum absolute atomic E-state index is 12.2. The summed E-state index contributed by atoms with van der Waals surface area (Å²) >= 11 is 0. The fourth-order valence-electron chi connectivity index (χ4n) is 3.55. The van der Waals surface area contributed by atoms with Crippen molar-refractivity contribution in [3.05, 3.63) is 52.7 Å². The molecule has 0 fully saturated rings. The van der Waals surface area contributed by atoms with Crippen molar-refractivity contribution in [1.29, 1.82) is 0 Å². The summed E-state index contributed by atoms with van der Waals surface area (Å²) in [6, 6.07) is 7.56. The number of nitrogens with zero attached hydrogens (tertiary/aromatic N) is 3. The summed E-state index contributed by atoms with van der Waals surface area (Å²) in [4.78, 5) is 21.5. The second-order valence-electron chi connectivity index (χ2n) is 6.76. The molecule has 1 aliphatic carbocycles. The molecule has 2 heterocycles. The van der Waals surface area contributed by atoms with Crippen LogP contribution in [0.3, 0.4) is 0 Å². The van der Waals surface area contributed by atoms with Crippen LogP contribution in [0.2, 0.25) is 0 Å². The highest BCUT2D eigenvalue weighted by atomic mass is 16.5. The third-order valence-electron chi connectivity index (χ3n) is 4.89. The lowest BCUT2D eigenvalue weighted by Gasteiger charge is -2.17. The minimum Gasteiger partial charge on any atom is -0.356 e. The van der Waals surface area contributed by atoms with Crippen LogP contribution in [-0.2, 0) is 30.5 Å². The number of carbonyl (C=O) groups excluding carboxylic acids is 1. The van der Waals surface area contributed by atoms with E-state index in [0.717, 1.165) is 29.7 Å². The Kier molecular flexibility index (Phi) is 4.65. The molecule has 0 atom stereocenters. The van der Waals surface area contributed by atoms with E-state index in [2.05, 4.69) is 22.4 Å². The highest BCUT2D eigenvalue weighted by Crippen LogP contribution is 2.21. The van der Waals surface area contributed by atoms with Gasteiger partial charge in [-0.2, -0.15) is 0 Å². The normalized spacial score (nSPS) is 13.6. The first-order valence-corrected chi connectivity index (χ1v) is 9.16. The molecule has 3 aromatic rings. The number of hydrogen-bond acceptors (Lipinski definition) is 5. The van der Waals surface area contributed by atoms with Crippen molar-refractivity contribution in [3.63, 3.8) is 0 Å². The molecule has 0 unspecified atom stereocenters. The first kappa shape index (κ1) is 16.7. The van der Waals surface area contributed by atoms with Gasteiger partial charge < -0.3 is 9.84 Å². The Hall–Kier alpha value is -2.76. The Morgan fingerprint density at radius 2 is 2.04 bits per heavy atom. The molecule has 6 nitrogen and oxygen atoms in total. The van der Waals surface area contributed by atoms with Crippen molar-refractivity contribution in [2.24, 2.45) is 0 Å². The number of hydrogen-bond donors (Lipinski definition) is 1. The fourth-order valence-corrected chi connectivity index (χ4v) is 3.55. The first-order valence-electron chi connectivity index (χ1n) is 9.16. The molecule has 1 N–H and O–H groups in total. The van der Waals surface area contributed by atoms with Gasteiger partial charge in [-0.15, -0.1) is 0 Å². The molecule has 4 rings (SSSR count). The fraction of sp³-hybridized carbons (Fsp3) is 0.400. The van der Waals surface area contributed by atoms with E-state index in [1.165, 1.54) is 24.1 Å². The maximum atomic E-state index is 12.2. The lowest BCUT2D eigenvalue weighted by molar-refractivity contribution is -0.120. The molecule has 1 aromatic carbocycles. The van der Waals surface area contributed by atoms with E-state index in [0.29, 0.717) is 24.2 Å². The summed E-state index contributed by atoms with van der Waals surface area (Å²) in [5, 5.41) is 7.82. The van der Waals surface area contributed by atoms with Crippen LogP contribution in [0.15, 0.2) is 28.8 Å². The Morgan fingerprint density at radius 3 is 2.96 bits per heavy atom. The van der Waals surface area contributed by atoms with E-state index in [1.807, 2.05) is 24.3 Å². The van der Waals surface area contributed by atoms with Crippen LogP contribution in [-0.4, -0.2) is 27.6 Å². The van der Waals surface area contributed by atoms with Gasteiger partial charge in [-0.05, 0) is 50.3 Å². The minimum absolute atomic E-state index is 0.0706. The van der Waals surface area contributed by atoms with E-state index < -0.39 is 0 Å². The molecule has 6 heteroatoms. The second-order valence-corrected chi connectivity index (χ2v) is 6.76. The van der Waals surface area contributed by atoms with E-state index in [4.69, 9.17) is 9.51 Å². The Bertz CT molecular complexity index is 948. The molecule has 0 saturated carbocycles. The molecular formula is C20H22N4O2. The van der Waals surface area contributed by atoms with Gasteiger partial charge >= 0.3 is 0 Å². The largest absolute Gasteiger partial charge is 0.356 e. The van der Waals surface area contributed by atoms with Gasteiger partial charge in [0, 0.05) is 29.7 Å². The quantitative estimate of drug-likeness (QED) is 0.765. The zero-order valence-corrected chi connectivity index (χ0v) is 14.9. The Balaban J connectivity index is 1.34. The first-order chi connectivity index (χ1) is 12.7. The lowest BCUT2D eigenvalue weighted by Crippen LogP contribution is -2.28. The van der Waals surface area contributed by atoms with E-state index in [1.54, 1.807) is 0 Å². The smallest absolute Gasteiger partial charge is 0.226 e. The van der Waals surface area contributed by atoms with Gasteiger partial charge in [0.2, 0.25) is 5.91 Å². The van der Waals surface area contributed by atoms with Crippen molar-refractivity contribution in [3.8, 4) is 0 Å². The zero-order chi connectivity index (χ0) is 17.9. The highest BCUT2D eigenvalue weighted by molar-refractivity contribution is 5.86. The van der Waals surface area contributed by atoms with E-state index in [9.17, 15) is 4.79 Å². The molecule has 0 saturated heterocycles. The molecule has 26 heavy (non-hydrogen) atoms. The summed E-state index contributed by atoms with van der Waals surface area (Å²) in [5.41, 5.74) is 4.97. The summed E-state index contributed by atoms with van der Waals surface area (Å²) in [6.45, 7) is 2.58. The number of rotatable bonds is 5. The molecule has 0 spiro atoms. The zero-order valence-electron chi connectivity index (χ0n) is 14.9. The van der Waals surface area contributed by atoms with Crippen LogP contribution < -0.4 is 5.32 Å². The Morgan fingerprint density at radius 1 is 1.19 bits per heavy atom. The van der Waals surface area contributed by atoms with Crippen molar-refractivity contribution in [1.82, 2.24) is 20.4 Å². The third-order valence-corrected chi connectivity index (χ3v) is 4.89. The minimum atomic E-state index is -0.0706. The monoisotopic (exact) mass is 350 g/mol. The van der Waals surface area contributed by atoms with E-state index in [-0.39, 0.29) is 12.3 Å². The molecule has 134 valence electrons. The second kappa shape index (κ2) is 7.23. The lowest BCUT2D eigenvalue weighted by atomic mass is 9.95. The van der Waals surface area contributed by atoms with Gasteiger partial charge in [-0.1, -0.05) is 17.3 Å². The summed E-state index contributed by atoms with van der Waals surface area (Å²) in [5.74, 6) is 0.745. The standard InChI is InChI=1S/C20H22N4O2/c1-13-14-6-2-4-8-16(14)23-19(22-13)10-11-21-20(25)12-17-15-7-3-5-9-18(15)26-24-17/h3,5,7,9H,2,4,6,8,10-12H2,1H3,(H,21,25). The van der Waals surface area contributed by atoms with Crippen LogP contribution in [0.1, 0.15) is 41.3 Å². The van der Waals surface area contributed by atoms with E-state index >= 15 is 0 Å². The van der Waals surface area contributed by atoms with Crippen molar-refractivity contribution in [2.45, 2.75) is 45.4 Å². The number of amides is 1. The van der Waals surface area contributed by atoms with Gasteiger partial charge in [0.05, 0.1) is 6.42 Å². The van der Waals surface area contributed by atoms with Crippen molar-refractivity contribution < 1.29 is 9.32 Å². The number of fused-ring (bicyclic) bond motifs is 2. The van der Waals surface area contributed by atoms with Gasteiger partial charge in [-0.25, -0.2) is 9.97 Å². The Labute approximate surface area is 152 Å². The average molecular weight is 350 g/mol. The number of aryl methyl sites for hydroxylation is 2. The van der Waals surface area contributed by atoms with Crippen molar-refractivity contribution >= 4 is 16.9 Å². The van der Waals surface area contributed by atoms with Crippen molar-refractivity contribution in [2.75, 3.05) is 6.54 Å². The maximum Gasteiger partial charge on any atom is 0.226 e. The molecule has 0 bridgehead atoms. The van der Waals surface area contributed by atoms with Gasteiger partial charge in [0.15, 0.2) is 5.58 Å². The van der Waals surface area contributed by atoms with Crippen LogP contribution in [0.25, 0.3) is 11.0 Å². The number of carbonyl (C=O) groups is 1. The van der Waals surface area contributed by atoms with Crippen LogP contribution in [0.4, 0.5) is 0 Å². The third kappa shape index (κ3) is 3.45. The summed E-state index contributed by atoms with van der Waals surface area (Å²) in [6.07, 6.45) is 5.40. The number of benzene rings is 1. The topological polar surface area (TPSA) is 80.9 Å². The molecular weight excluding hydrogens is 328 g/mol. The predicted octanol–water partition coefficient (Wildman–Crippen LogP) is 2.71. The number of nitrogens with one attached hydrogen (secondary N) is 1. The van der Waals surface area contributed by atoms with Gasteiger partial charge in [0.1, 0.15) is 11.5 Å². The number of para-hydroxylation sites is 1. The van der Waals surface area contributed by atoms with Crippen LogP contribution >= 0.6 is 0 Å². The van der Waals surface area contributed by atoms with Gasteiger partial charge in [0.25, 0.3) is 0 Å². The van der Waals surface area contributed by atoms with Crippen LogP contribution in [0, 0.1) is 6.92 Å². The predicted molar refractivity (Wildman–Crippen MR) is 97.8 cm³/mol. The average Bonchev–Trinajstić information content (AvgIpc) is 3.05. The molecule has 0 aliphatic heterocycles. The SMILES string of the molecule is Cc1nc(CCNC(=O)Cc2noc3ccccc23)nc2c1CCCC2. The highest BCUT2D eigenvalue weighted by Gasteiger charge is 2.16. The molecule has 0 radical (unpaired) electrons. The van der Waals surface area contributed by atoms with Gasteiger partial charge in [-0.3, -0.25) is 4.79 Å². The molecule has 1 aliphatic rings. The number of aromatic nitrogens is 3. The summed E-state index contributed by atoms with van der Waals surface area (Å²) in [7, 11) is 0. The van der Waals surface area contributed by atoms with Crippen LogP contribution in [0.5, 0.6) is 0 Å².